The summed E-state index contributed by atoms with van der Waals surface area (Å²) in [7, 11) is 5.75. The highest BCUT2D eigenvalue weighted by atomic mass is 16.2. The van der Waals surface area contributed by atoms with Gasteiger partial charge in [0.05, 0.1) is 0 Å². The predicted molar refractivity (Wildman–Crippen MR) is 149 cm³/mol. The molecule has 0 aliphatic carbocycles. The molecule has 0 spiro atoms. The van der Waals surface area contributed by atoms with Crippen molar-refractivity contribution in [3.63, 3.8) is 0 Å². The highest BCUT2D eigenvalue weighted by Gasteiger charge is 2.19. The molecule has 1 saturated heterocycles. The van der Waals surface area contributed by atoms with Gasteiger partial charge < -0.3 is 19.7 Å². The summed E-state index contributed by atoms with van der Waals surface area (Å²) in [5.41, 5.74) is 11.0. The van der Waals surface area contributed by atoms with Gasteiger partial charge in [0.2, 0.25) is 0 Å². The molecule has 186 valence electrons. The number of benzene rings is 2. The Kier molecular flexibility index (Phi) is 6.31. The van der Waals surface area contributed by atoms with Gasteiger partial charge in [0.25, 0.3) is 5.91 Å². The van der Waals surface area contributed by atoms with Crippen molar-refractivity contribution in [1.29, 1.82) is 0 Å². The zero-order valence-corrected chi connectivity index (χ0v) is 22.1. The van der Waals surface area contributed by atoms with Crippen LogP contribution in [-0.4, -0.2) is 73.0 Å². The van der Waals surface area contributed by atoms with Gasteiger partial charge in [-0.15, -0.1) is 0 Å². The number of hydrogen-bond donors (Lipinski definition) is 1. The predicted octanol–water partition coefficient (Wildman–Crippen LogP) is 5.28. The van der Waals surface area contributed by atoms with Gasteiger partial charge >= 0.3 is 0 Å². The molecule has 1 aliphatic heterocycles. The van der Waals surface area contributed by atoms with Crippen LogP contribution in [-0.2, 0) is 0 Å². The van der Waals surface area contributed by atoms with Gasteiger partial charge in [0, 0.05) is 80.4 Å². The van der Waals surface area contributed by atoms with Crippen LogP contribution in [0.4, 0.5) is 5.69 Å². The highest BCUT2D eigenvalue weighted by molar-refractivity contribution is 5.99. The van der Waals surface area contributed by atoms with E-state index in [0.29, 0.717) is 0 Å². The molecule has 5 rings (SSSR count). The number of hydrogen-bond acceptors (Lipinski definition) is 4. The molecule has 0 radical (unpaired) electrons. The van der Waals surface area contributed by atoms with Crippen molar-refractivity contribution in [2.75, 3.05) is 52.2 Å². The van der Waals surface area contributed by atoms with Gasteiger partial charge in [-0.2, -0.15) is 0 Å². The first-order valence-electron chi connectivity index (χ1n) is 12.6. The number of nitrogens with one attached hydrogen (secondary N) is 1. The maximum atomic E-state index is 12.5. The van der Waals surface area contributed by atoms with Crippen molar-refractivity contribution in [1.82, 2.24) is 19.8 Å². The van der Waals surface area contributed by atoms with Crippen LogP contribution in [0.15, 0.2) is 48.8 Å². The Bertz CT molecular complexity index is 1420. The first-order valence-corrected chi connectivity index (χ1v) is 12.6. The Balaban J connectivity index is 1.51. The number of aryl methyl sites for hydroxylation is 3. The number of carbonyl (C=O) groups is 1. The lowest BCUT2D eigenvalue weighted by molar-refractivity contribution is 0.0827. The van der Waals surface area contributed by atoms with E-state index in [1.807, 2.05) is 31.5 Å². The lowest BCUT2D eigenvalue weighted by Gasteiger charge is -2.36. The number of aromatic amines is 1. The molecule has 2 aromatic heterocycles. The highest BCUT2D eigenvalue weighted by Crippen LogP contribution is 2.35. The minimum atomic E-state index is 0.0210. The Hall–Kier alpha value is -3.64. The molecular formula is C30H35N5O. The third-order valence-electron chi connectivity index (χ3n) is 7.35. The van der Waals surface area contributed by atoms with E-state index < -0.39 is 0 Å². The van der Waals surface area contributed by atoms with Crippen LogP contribution in [0.5, 0.6) is 0 Å². The summed E-state index contributed by atoms with van der Waals surface area (Å²) in [6.45, 7) is 10.8. The molecular weight excluding hydrogens is 446 g/mol. The fraction of sp³-hybridized carbons (Fsp3) is 0.333. The second-order valence-electron chi connectivity index (χ2n) is 10.3. The average Bonchev–Trinajstić information content (AvgIpc) is 3.27. The van der Waals surface area contributed by atoms with Crippen molar-refractivity contribution in [3.8, 4) is 22.3 Å². The van der Waals surface area contributed by atoms with Crippen LogP contribution >= 0.6 is 0 Å². The zero-order chi connectivity index (χ0) is 25.6. The summed E-state index contributed by atoms with van der Waals surface area (Å²) in [6, 6.07) is 12.9. The molecule has 0 bridgehead atoms. The number of piperazine rings is 1. The van der Waals surface area contributed by atoms with Crippen molar-refractivity contribution in [3.05, 3.63) is 71.0 Å². The molecule has 1 amide bonds. The molecule has 2 aromatic carbocycles. The third kappa shape index (κ3) is 4.37. The first-order chi connectivity index (χ1) is 17.2. The second kappa shape index (κ2) is 9.43. The quantitative estimate of drug-likeness (QED) is 0.431. The maximum absolute atomic E-state index is 12.5. The molecule has 1 aliphatic rings. The summed E-state index contributed by atoms with van der Waals surface area (Å²) in [5.74, 6) is 0.0210. The van der Waals surface area contributed by atoms with Crippen LogP contribution in [0.2, 0.25) is 0 Å². The minimum absolute atomic E-state index is 0.0210. The Labute approximate surface area is 213 Å². The van der Waals surface area contributed by atoms with E-state index in [4.69, 9.17) is 4.98 Å². The minimum Gasteiger partial charge on any atom is -0.369 e. The van der Waals surface area contributed by atoms with E-state index in [1.165, 1.54) is 22.4 Å². The van der Waals surface area contributed by atoms with Crippen LogP contribution in [0.3, 0.4) is 0 Å². The summed E-state index contributed by atoms with van der Waals surface area (Å²) in [4.78, 5) is 27.1. The normalized spacial score (nSPS) is 14.4. The molecule has 6 heteroatoms. The van der Waals surface area contributed by atoms with Crippen molar-refractivity contribution < 1.29 is 4.79 Å². The SMILES string of the molecule is Cc1cc(-c2c[nH]c3ncc(-c4cc(C)c(N5CCN(C)CC5)c(C)c4)cc23)ccc1C(=O)N(C)C. The number of aromatic nitrogens is 2. The second-order valence-corrected chi connectivity index (χ2v) is 10.3. The van der Waals surface area contributed by atoms with E-state index in [9.17, 15) is 4.79 Å². The molecule has 1 N–H and O–H groups in total. The Morgan fingerprint density at radius 1 is 0.889 bits per heavy atom. The number of fused-ring (bicyclic) bond motifs is 1. The van der Waals surface area contributed by atoms with Crippen molar-refractivity contribution in [2.24, 2.45) is 0 Å². The molecule has 0 saturated carbocycles. The fourth-order valence-electron chi connectivity index (χ4n) is 5.36. The van der Waals surface area contributed by atoms with E-state index in [2.05, 4.69) is 59.9 Å². The number of anilines is 1. The van der Waals surface area contributed by atoms with E-state index in [-0.39, 0.29) is 5.91 Å². The van der Waals surface area contributed by atoms with Gasteiger partial charge in [-0.25, -0.2) is 4.98 Å². The van der Waals surface area contributed by atoms with Crippen LogP contribution in [0.25, 0.3) is 33.3 Å². The first kappa shape index (κ1) is 24.1. The summed E-state index contributed by atoms with van der Waals surface area (Å²) < 4.78 is 0. The van der Waals surface area contributed by atoms with Gasteiger partial charge in [-0.05, 0) is 79.9 Å². The number of nitrogens with zero attached hydrogens (tertiary/aromatic N) is 4. The van der Waals surface area contributed by atoms with Crippen LogP contribution in [0.1, 0.15) is 27.0 Å². The van der Waals surface area contributed by atoms with E-state index in [0.717, 1.165) is 65.0 Å². The summed E-state index contributed by atoms with van der Waals surface area (Å²) >= 11 is 0. The lowest BCUT2D eigenvalue weighted by Crippen LogP contribution is -2.45. The van der Waals surface area contributed by atoms with Crippen molar-refractivity contribution in [2.45, 2.75) is 20.8 Å². The average molecular weight is 482 g/mol. The number of likely N-dealkylation sites (N-methyl/N-ethyl adjacent to an activating group) is 1. The summed E-state index contributed by atoms with van der Waals surface area (Å²) in [6.07, 6.45) is 3.97. The van der Waals surface area contributed by atoms with Gasteiger partial charge in [-0.3, -0.25) is 4.79 Å². The van der Waals surface area contributed by atoms with Crippen LogP contribution < -0.4 is 4.90 Å². The van der Waals surface area contributed by atoms with Crippen molar-refractivity contribution >= 4 is 22.6 Å². The molecule has 6 nitrogen and oxygen atoms in total. The Morgan fingerprint density at radius 3 is 2.19 bits per heavy atom. The van der Waals surface area contributed by atoms with Gasteiger partial charge in [0.1, 0.15) is 5.65 Å². The van der Waals surface area contributed by atoms with E-state index in [1.54, 1.807) is 19.0 Å². The van der Waals surface area contributed by atoms with Gasteiger partial charge in [-0.1, -0.05) is 12.1 Å². The number of carbonyl (C=O) groups excluding carboxylic acids is 1. The Morgan fingerprint density at radius 2 is 1.56 bits per heavy atom. The molecule has 36 heavy (non-hydrogen) atoms. The topological polar surface area (TPSA) is 55.5 Å². The standard InChI is InChI=1S/C30H35N5O/c1-19-13-22(7-8-25(19)30(36)33(4)5)27-18-32-29-26(27)16-24(17-31-29)23-14-20(2)28(21(3)15-23)35-11-9-34(6)10-12-35/h7-8,13-18H,9-12H2,1-6H3,(H,31,32). The molecule has 1 fully saturated rings. The molecule has 3 heterocycles. The maximum Gasteiger partial charge on any atom is 0.253 e. The number of H-pyrrole nitrogens is 1. The largest absolute Gasteiger partial charge is 0.369 e. The zero-order valence-electron chi connectivity index (χ0n) is 22.1. The number of pyridine rings is 1. The lowest BCUT2D eigenvalue weighted by atomic mass is 9.96. The number of rotatable bonds is 4. The molecule has 0 unspecified atom stereocenters. The summed E-state index contributed by atoms with van der Waals surface area (Å²) in [5, 5.41) is 1.08. The van der Waals surface area contributed by atoms with Gasteiger partial charge in [0.15, 0.2) is 0 Å². The fourth-order valence-corrected chi connectivity index (χ4v) is 5.36. The monoisotopic (exact) mass is 481 g/mol. The third-order valence-corrected chi connectivity index (χ3v) is 7.35. The number of amides is 1. The van der Waals surface area contributed by atoms with E-state index >= 15 is 0 Å². The molecule has 4 aromatic rings. The molecule has 0 atom stereocenters. The smallest absolute Gasteiger partial charge is 0.253 e. The van der Waals surface area contributed by atoms with Crippen LogP contribution in [0, 0.1) is 20.8 Å².